The van der Waals surface area contributed by atoms with Crippen LogP contribution in [0, 0.1) is 0 Å². The number of furan rings is 1. The van der Waals surface area contributed by atoms with Crippen LogP contribution < -0.4 is 4.90 Å². The zero-order chi connectivity index (χ0) is 36.3. The first kappa shape index (κ1) is 31.6. The highest BCUT2D eigenvalue weighted by molar-refractivity contribution is 7.25. The third-order valence-electron chi connectivity index (χ3n) is 10.9. The van der Waals surface area contributed by atoms with Crippen molar-refractivity contribution in [3.8, 4) is 33.4 Å². The Balaban J connectivity index is 1.11. The van der Waals surface area contributed by atoms with Crippen LogP contribution in [-0.4, -0.2) is 0 Å². The summed E-state index contributed by atoms with van der Waals surface area (Å²) in [7, 11) is 0. The summed E-state index contributed by atoms with van der Waals surface area (Å²) in [6, 6.07) is 72.4. The molecule has 2 heterocycles. The quantitative estimate of drug-likeness (QED) is 0.170. The van der Waals surface area contributed by atoms with E-state index in [1.807, 2.05) is 23.5 Å². The maximum absolute atomic E-state index is 6.40. The molecule has 55 heavy (non-hydrogen) atoms. The Labute approximate surface area is 322 Å². The fourth-order valence-electron chi connectivity index (χ4n) is 8.21. The smallest absolute Gasteiger partial charge is 0.136 e. The van der Waals surface area contributed by atoms with Gasteiger partial charge in [-0.2, -0.15) is 0 Å². The Hall–Kier alpha value is -6.94. The molecule has 9 aromatic carbocycles. The van der Waals surface area contributed by atoms with Gasteiger partial charge < -0.3 is 9.32 Å². The van der Waals surface area contributed by atoms with E-state index in [1.165, 1.54) is 47.6 Å². The van der Waals surface area contributed by atoms with Crippen molar-refractivity contribution in [1.82, 2.24) is 0 Å². The molecule has 0 N–H and O–H groups in total. The Morgan fingerprint density at radius 3 is 1.80 bits per heavy atom. The molecule has 0 atom stereocenters. The third kappa shape index (κ3) is 5.40. The van der Waals surface area contributed by atoms with Gasteiger partial charge in [-0.15, -0.1) is 11.3 Å². The molecule has 0 unspecified atom stereocenters. The second-order valence-corrected chi connectivity index (χ2v) is 15.2. The fourth-order valence-corrected chi connectivity index (χ4v) is 9.36. The number of hydrogen-bond acceptors (Lipinski definition) is 3. The van der Waals surface area contributed by atoms with Crippen molar-refractivity contribution in [1.29, 1.82) is 0 Å². The van der Waals surface area contributed by atoms with E-state index in [0.29, 0.717) is 0 Å². The molecular weight excluding hydrogens is 687 g/mol. The molecule has 0 aliphatic carbocycles. The molecule has 2 nitrogen and oxygen atoms in total. The van der Waals surface area contributed by atoms with Gasteiger partial charge in [0.15, 0.2) is 0 Å². The lowest BCUT2D eigenvalue weighted by Crippen LogP contribution is -2.12. The van der Waals surface area contributed by atoms with E-state index in [-0.39, 0.29) is 0 Å². The van der Waals surface area contributed by atoms with E-state index in [0.717, 1.165) is 55.7 Å². The summed E-state index contributed by atoms with van der Waals surface area (Å²) in [6.07, 6.45) is 0. The first-order valence-electron chi connectivity index (χ1n) is 18.7. The lowest BCUT2D eigenvalue weighted by Gasteiger charge is -2.30. The van der Waals surface area contributed by atoms with Crippen molar-refractivity contribution >= 4 is 81.3 Å². The molecule has 2 aromatic heterocycles. The van der Waals surface area contributed by atoms with Gasteiger partial charge in [-0.05, 0) is 93.7 Å². The number of thiophene rings is 1. The fraction of sp³-hybridized carbons (Fsp3) is 0. The molecule has 0 bridgehead atoms. The zero-order valence-corrected chi connectivity index (χ0v) is 30.6. The summed E-state index contributed by atoms with van der Waals surface area (Å²) in [6.45, 7) is 0. The number of hydrogen-bond donors (Lipinski definition) is 0. The van der Waals surface area contributed by atoms with Crippen LogP contribution in [0.1, 0.15) is 0 Å². The number of nitrogens with zero attached hydrogens (tertiary/aromatic N) is 1. The maximum atomic E-state index is 6.40. The van der Waals surface area contributed by atoms with Gasteiger partial charge in [-0.1, -0.05) is 140 Å². The topological polar surface area (TPSA) is 16.4 Å². The van der Waals surface area contributed by atoms with E-state index in [4.69, 9.17) is 4.42 Å². The van der Waals surface area contributed by atoms with Gasteiger partial charge in [0.05, 0.1) is 11.4 Å². The predicted molar refractivity (Wildman–Crippen MR) is 235 cm³/mol. The first-order valence-corrected chi connectivity index (χ1v) is 19.5. The minimum Gasteiger partial charge on any atom is -0.456 e. The second kappa shape index (κ2) is 12.9. The molecule has 0 saturated heterocycles. The van der Waals surface area contributed by atoms with Gasteiger partial charge in [-0.3, -0.25) is 0 Å². The van der Waals surface area contributed by atoms with Crippen molar-refractivity contribution in [3.05, 3.63) is 200 Å². The van der Waals surface area contributed by atoms with Crippen molar-refractivity contribution in [2.24, 2.45) is 0 Å². The summed E-state index contributed by atoms with van der Waals surface area (Å²) in [5.74, 6) is 0. The Bertz CT molecular complexity index is 3240. The van der Waals surface area contributed by atoms with Crippen molar-refractivity contribution in [3.63, 3.8) is 0 Å². The number of anilines is 3. The van der Waals surface area contributed by atoms with Gasteiger partial charge in [0.1, 0.15) is 11.2 Å². The summed E-state index contributed by atoms with van der Waals surface area (Å²) in [5.41, 5.74) is 12.0. The van der Waals surface area contributed by atoms with Crippen LogP contribution in [0.2, 0.25) is 0 Å². The van der Waals surface area contributed by atoms with Crippen LogP contribution in [-0.2, 0) is 0 Å². The van der Waals surface area contributed by atoms with Gasteiger partial charge in [0.25, 0.3) is 0 Å². The number of benzene rings is 9. The SMILES string of the molecule is c1cc(-c2ccc3c(c2)sc2ccccc23)cc(N(c2ccccc2-c2ccc3ccccc3c2)c2ccccc2-c2ccc3c(c2)oc2ccccc23)c1. The molecule has 0 radical (unpaired) electrons. The standard InChI is InChI=1S/C52H33NOS/c1-2-13-35-30-38(25-24-34(35)12-1)41-16-3-7-20-47(41)53(40-15-11-14-36(31-40)37-26-29-46-45-19-6-10-23-51(45)55-52(46)33-37)48-21-8-4-17-42(48)39-27-28-44-43-18-5-9-22-49(43)54-50(44)32-39/h1-33H. The van der Waals surface area contributed by atoms with Gasteiger partial charge in [-0.25, -0.2) is 0 Å². The van der Waals surface area contributed by atoms with E-state index < -0.39 is 0 Å². The van der Waals surface area contributed by atoms with Gasteiger partial charge in [0, 0.05) is 47.8 Å². The average Bonchev–Trinajstić information content (AvgIpc) is 3.82. The summed E-state index contributed by atoms with van der Waals surface area (Å²) in [4.78, 5) is 2.43. The number of fused-ring (bicyclic) bond motifs is 7. The molecule has 0 saturated carbocycles. The summed E-state index contributed by atoms with van der Waals surface area (Å²) >= 11 is 1.86. The van der Waals surface area contributed by atoms with E-state index >= 15 is 0 Å². The van der Waals surface area contributed by atoms with Crippen LogP contribution in [0.25, 0.3) is 86.3 Å². The summed E-state index contributed by atoms with van der Waals surface area (Å²) in [5, 5.41) is 7.33. The van der Waals surface area contributed by atoms with E-state index in [9.17, 15) is 0 Å². The molecule has 3 heteroatoms. The largest absolute Gasteiger partial charge is 0.456 e. The molecule has 11 rings (SSSR count). The molecule has 0 spiro atoms. The van der Waals surface area contributed by atoms with E-state index in [2.05, 4.69) is 193 Å². The van der Waals surface area contributed by atoms with Crippen LogP contribution in [0.4, 0.5) is 17.1 Å². The maximum Gasteiger partial charge on any atom is 0.136 e. The van der Waals surface area contributed by atoms with Crippen LogP contribution in [0.15, 0.2) is 205 Å². The Morgan fingerprint density at radius 2 is 0.945 bits per heavy atom. The predicted octanol–water partition coefficient (Wildman–Crippen LogP) is 15.6. The highest BCUT2D eigenvalue weighted by Crippen LogP contribution is 2.46. The van der Waals surface area contributed by atoms with Crippen LogP contribution in [0.3, 0.4) is 0 Å². The van der Waals surface area contributed by atoms with E-state index in [1.54, 1.807) is 0 Å². The third-order valence-corrected chi connectivity index (χ3v) is 12.0. The van der Waals surface area contributed by atoms with Crippen LogP contribution >= 0.6 is 11.3 Å². The molecule has 0 aliphatic rings. The highest BCUT2D eigenvalue weighted by atomic mass is 32.1. The normalized spacial score (nSPS) is 11.6. The minimum absolute atomic E-state index is 0.884. The minimum atomic E-state index is 0.884. The lowest BCUT2D eigenvalue weighted by molar-refractivity contribution is 0.669. The van der Waals surface area contributed by atoms with Crippen molar-refractivity contribution < 1.29 is 4.42 Å². The molecule has 11 aromatic rings. The van der Waals surface area contributed by atoms with Gasteiger partial charge >= 0.3 is 0 Å². The highest BCUT2D eigenvalue weighted by Gasteiger charge is 2.22. The number of para-hydroxylation sites is 3. The van der Waals surface area contributed by atoms with Crippen molar-refractivity contribution in [2.75, 3.05) is 4.90 Å². The first-order chi connectivity index (χ1) is 27.2. The monoisotopic (exact) mass is 719 g/mol. The lowest BCUT2D eigenvalue weighted by atomic mass is 9.96. The molecule has 0 amide bonds. The molecular formula is C52H33NOS. The van der Waals surface area contributed by atoms with Crippen molar-refractivity contribution in [2.45, 2.75) is 0 Å². The Kier molecular flexibility index (Phi) is 7.39. The molecule has 258 valence electrons. The zero-order valence-electron chi connectivity index (χ0n) is 29.8. The average molecular weight is 720 g/mol. The number of rotatable bonds is 6. The molecule has 0 aliphatic heterocycles. The second-order valence-electron chi connectivity index (χ2n) is 14.1. The molecule has 0 fully saturated rings. The van der Waals surface area contributed by atoms with Crippen LogP contribution in [0.5, 0.6) is 0 Å². The van der Waals surface area contributed by atoms with Gasteiger partial charge in [0.2, 0.25) is 0 Å². The Morgan fingerprint density at radius 1 is 0.345 bits per heavy atom. The summed E-state index contributed by atoms with van der Waals surface area (Å²) < 4.78 is 9.01.